The van der Waals surface area contributed by atoms with E-state index in [0.717, 1.165) is 12.0 Å². The van der Waals surface area contributed by atoms with Gasteiger partial charge >= 0.3 is 0 Å². The lowest BCUT2D eigenvalue weighted by atomic mass is 10.0. The Labute approximate surface area is 136 Å². The van der Waals surface area contributed by atoms with Gasteiger partial charge in [-0.05, 0) is 42.2 Å². The largest absolute Gasteiger partial charge is 0.478 e. The van der Waals surface area contributed by atoms with Crippen LogP contribution in [0.15, 0.2) is 42.5 Å². The maximum Gasteiger partial charge on any atom is 0.265 e. The van der Waals surface area contributed by atoms with Crippen molar-refractivity contribution >= 4 is 17.3 Å². The number of nitrogens with two attached hydrogens (primary N) is 1. The van der Waals surface area contributed by atoms with Gasteiger partial charge in [-0.25, -0.2) is 0 Å². The molecule has 23 heavy (non-hydrogen) atoms. The van der Waals surface area contributed by atoms with Gasteiger partial charge in [0.25, 0.3) is 5.91 Å². The first-order valence-corrected chi connectivity index (χ1v) is 8.10. The van der Waals surface area contributed by atoms with Crippen molar-refractivity contribution in [1.82, 2.24) is 0 Å². The first-order valence-electron chi connectivity index (χ1n) is 8.10. The predicted octanol–water partition coefficient (Wildman–Crippen LogP) is 3.55. The van der Waals surface area contributed by atoms with Crippen molar-refractivity contribution in [2.45, 2.75) is 38.7 Å². The van der Waals surface area contributed by atoms with Gasteiger partial charge in [0.1, 0.15) is 5.75 Å². The SMILES string of the molecule is CCCCc1ccc(CC2Oc3ccc(N)cc3NC2=O)cc1. The molecule has 0 bridgehead atoms. The number of hydrogen-bond acceptors (Lipinski definition) is 3. The average molecular weight is 310 g/mol. The van der Waals surface area contributed by atoms with Gasteiger partial charge in [-0.3, -0.25) is 4.79 Å². The quantitative estimate of drug-likeness (QED) is 0.830. The van der Waals surface area contributed by atoms with Crippen LogP contribution in [-0.2, 0) is 17.6 Å². The van der Waals surface area contributed by atoms with E-state index in [-0.39, 0.29) is 5.91 Å². The highest BCUT2D eigenvalue weighted by Crippen LogP contribution is 2.32. The number of nitrogen functional groups attached to an aromatic ring is 1. The zero-order valence-corrected chi connectivity index (χ0v) is 13.3. The number of anilines is 2. The summed E-state index contributed by atoms with van der Waals surface area (Å²) < 4.78 is 5.83. The molecule has 3 N–H and O–H groups in total. The molecule has 2 aromatic carbocycles. The number of unbranched alkanes of at least 4 members (excludes halogenated alkanes) is 1. The lowest BCUT2D eigenvalue weighted by Gasteiger charge is -2.26. The van der Waals surface area contributed by atoms with E-state index < -0.39 is 6.10 Å². The summed E-state index contributed by atoms with van der Waals surface area (Å²) in [4.78, 5) is 12.2. The molecule has 0 aliphatic carbocycles. The Morgan fingerprint density at radius 3 is 2.61 bits per heavy atom. The molecule has 120 valence electrons. The molecular weight excluding hydrogens is 288 g/mol. The number of aryl methyl sites for hydroxylation is 1. The van der Waals surface area contributed by atoms with Crippen LogP contribution in [0.25, 0.3) is 0 Å². The molecule has 2 aromatic rings. The minimum atomic E-state index is -0.507. The van der Waals surface area contributed by atoms with Crippen LogP contribution in [0.1, 0.15) is 30.9 Å². The molecule has 1 unspecified atom stereocenters. The van der Waals surface area contributed by atoms with Crippen molar-refractivity contribution in [3.8, 4) is 5.75 Å². The number of amides is 1. The maximum atomic E-state index is 12.2. The van der Waals surface area contributed by atoms with Crippen molar-refractivity contribution in [2.75, 3.05) is 11.1 Å². The van der Waals surface area contributed by atoms with E-state index in [9.17, 15) is 4.79 Å². The molecule has 1 amide bonds. The zero-order chi connectivity index (χ0) is 16.2. The molecule has 0 fully saturated rings. The second-order valence-electron chi connectivity index (χ2n) is 5.98. The lowest BCUT2D eigenvalue weighted by Crippen LogP contribution is -2.38. The molecule has 0 radical (unpaired) electrons. The van der Waals surface area contributed by atoms with Crippen molar-refractivity contribution in [3.05, 3.63) is 53.6 Å². The van der Waals surface area contributed by atoms with Crippen LogP contribution in [0.3, 0.4) is 0 Å². The molecule has 4 heteroatoms. The Morgan fingerprint density at radius 2 is 1.87 bits per heavy atom. The number of nitrogens with one attached hydrogen (secondary N) is 1. The minimum absolute atomic E-state index is 0.127. The molecular formula is C19H22N2O2. The van der Waals surface area contributed by atoms with Gasteiger partial charge in [0.15, 0.2) is 6.10 Å². The van der Waals surface area contributed by atoms with E-state index in [1.165, 1.54) is 18.4 Å². The normalized spacial score (nSPS) is 16.4. The fourth-order valence-corrected chi connectivity index (χ4v) is 2.74. The molecule has 3 rings (SSSR count). The van der Waals surface area contributed by atoms with Gasteiger partial charge in [-0.2, -0.15) is 0 Å². The number of benzene rings is 2. The summed E-state index contributed by atoms with van der Waals surface area (Å²) in [7, 11) is 0. The van der Waals surface area contributed by atoms with Gasteiger partial charge < -0.3 is 15.8 Å². The van der Waals surface area contributed by atoms with Crippen molar-refractivity contribution < 1.29 is 9.53 Å². The van der Waals surface area contributed by atoms with Crippen LogP contribution in [0, 0.1) is 0 Å². The molecule has 1 atom stereocenters. The fraction of sp³-hybridized carbons (Fsp3) is 0.316. The standard InChI is InChI=1S/C19H22N2O2/c1-2-3-4-13-5-7-14(8-6-13)11-18-19(22)21-16-12-15(20)9-10-17(16)23-18/h5-10,12,18H,2-4,11,20H2,1H3,(H,21,22). The molecule has 0 saturated carbocycles. The fourth-order valence-electron chi connectivity index (χ4n) is 2.74. The molecule has 0 saturated heterocycles. The van der Waals surface area contributed by atoms with Crippen molar-refractivity contribution in [1.29, 1.82) is 0 Å². The first-order chi connectivity index (χ1) is 11.2. The summed E-state index contributed by atoms with van der Waals surface area (Å²) in [5.41, 5.74) is 9.41. The zero-order valence-electron chi connectivity index (χ0n) is 13.3. The maximum absolute atomic E-state index is 12.2. The van der Waals surface area contributed by atoms with Gasteiger partial charge in [0.2, 0.25) is 0 Å². The van der Waals surface area contributed by atoms with Crippen molar-refractivity contribution in [2.24, 2.45) is 0 Å². The third-order valence-electron chi connectivity index (χ3n) is 4.09. The average Bonchev–Trinajstić information content (AvgIpc) is 2.55. The van der Waals surface area contributed by atoms with Crippen LogP contribution in [-0.4, -0.2) is 12.0 Å². The van der Waals surface area contributed by atoms with Crippen LogP contribution in [0.2, 0.25) is 0 Å². The van der Waals surface area contributed by atoms with E-state index in [1.807, 2.05) is 0 Å². The van der Waals surface area contributed by atoms with Gasteiger partial charge in [-0.1, -0.05) is 37.6 Å². The molecule has 0 aromatic heterocycles. The van der Waals surface area contributed by atoms with Gasteiger partial charge in [-0.15, -0.1) is 0 Å². The Kier molecular flexibility index (Phi) is 4.51. The molecule has 1 aliphatic heterocycles. The summed E-state index contributed by atoms with van der Waals surface area (Å²) in [5.74, 6) is 0.543. The topological polar surface area (TPSA) is 64.3 Å². The second kappa shape index (κ2) is 6.73. The second-order valence-corrected chi connectivity index (χ2v) is 5.98. The Balaban J connectivity index is 1.68. The van der Waals surface area contributed by atoms with E-state index in [1.54, 1.807) is 18.2 Å². The molecule has 1 aliphatic rings. The van der Waals surface area contributed by atoms with E-state index in [0.29, 0.717) is 23.5 Å². The molecule has 1 heterocycles. The summed E-state index contributed by atoms with van der Waals surface area (Å²) in [6, 6.07) is 13.7. The van der Waals surface area contributed by atoms with Gasteiger partial charge in [0, 0.05) is 12.1 Å². The Bertz CT molecular complexity index is 695. The minimum Gasteiger partial charge on any atom is -0.478 e. The lowest BCUT2D eigenvalue weighted by molar-refractivity contribution is -0.123. The number of carbonyl (C=O) groups is 1. The number of rotatable bonds is 5. The van der Waals surface area contributed by atoms with Gasteiger partial charge in [0.05, 0.1) is 5.69 Å². The van der Waals surface area contributed by atoms with Crippen LogP contribution in [0.4, 0.5) is 11.4 Å². The van der Waals surface area contributed by atoms with E-state index in [4.69, 9.17) is 10.5 Å². The highest BCUT2D eigenvalue weighted by atomic mass is 16.5. The highest BCUT2D eigenvalue weighted by molar-refractivity contribution is 5.98. The third-order valence-corrected chi connectivity index (χ3v) is 4.09. The summed E-state index contributed by atoms with van der Waals surface area (Å²) in [6.45, 7) is 2.19. The Morgan fingerprint density at radius 1 is 1.13 bits per heavy atom. The number of fused-ring (bicyclic) bond motifs is 1. The van der Waals surface area contributed by atoms with Crippen molar-refractivity contribution in [3.63, 3.8) is 0 Å². The first kappa shape index (κ1) is 15.4. The van der Waals surface area contributed by atoms with Crippen LogP contribution in [0.5, 0.6) is 5.75 Å². The van der Waals surface area contributed by atoms with E-state index >= 15 is 0 Å². The van der Waals surface area contributed by atoms with Crippen LogP contribution >= 0.6 is 0 Å². The van der Waals surface area contributed by atoms with Crippen LogP contribution < -0.4 is 15.8 Å². The monoisotopic (exact) mass is 310 g/mol. The molecule has 4 nitrogen and oxygen atoms in total. The smallest absolute Gasteiger partial charge is 0.265 e. The third kappa shape index (κ3) is 3.65. The number of ether oxygens (including phenoxy) is 1. The van der Waals surface area contributed by atoms with E-state index in [2.05, 4.69) is 36.5 Å². The number of carbonyl (C=O) groups excluding carboxylic acids is 1. The summed E-state index contributed by atoms with van der Waals surface area (Å²) >= 11 is 0. The number of hydrogen-bond donors (Lipinski definition) is 2. The summed E-state index contributed by atoms with van der Waals surface area (Å²) in [6.07, 6.45) is 3.55. The molecule has 0 spiro atoms. The highest BCUT2D eigenvalue weighted by Gasteiger charge is 2.27. The Hall–Kier alpha value is -2.49. The predicted molar refractivity (Wildman–Crippen MR) is 92.7 cm³/mol. The summed E-state index contributed by atoms with van der Waals surface area (Å²) in [5, 5.41) is 2.87.